The predicted molar refractivity (Wildman–Crippen MR) is 104 cm³/mol. The van der Waals surface area contributed by atoms with E-state index in [0.717, 1.165) is 15.8 Å². The zero-order valence-electron chi connectivity index (χ0n) is 14.7. The Balaban J connectivity index is 1.43. The number of thiazole rings is 1. The number of hydrogen-bond acceptors (Lipinski definition) is 6. The Kier molecular flexibility index (Phi) is 3.82. The summed E-state index contributed by atoms with van der Waals surface area (Å²) in [4.78, 5) is 30.2. The van der Waals surface area contributed by atoms with Crippen LogP contribution in [-0.4, -0.2) is 22.8 Å². The number of nitrogens with zero attached hydrogens (tertiary/aromatic N) is 2. The predicted octanol–water partition coefficient (Wildman–Crippen LogP) is 2.70. The molecule has 3 aromatic rings. The number of amides is 1. The highest BCUT2D eigenvalue weighted by atomic mass is 32.1. The SMILES string of the molecule is Cc1ccc(C2CC(=O)C3C(=O)N(c4nc5ccccc5s4)NC3N2)cc1. The van der Waals surface area contributed by atoms with Gasteiger partial charge in [-0.25, -0.2) is 15.4 Å². The number of aryl methyl sites for hydroxylation is 1. The molecule has 1 amide bonds. The first-order chi connectivity index (χ1) is 13.1. The average Bonchev–Trinajstić information content (AvgIpc) is 3.23. The van der Waals surface area contributed by atoms with E-state index in [1.165, 1.54) is 21.9 Å². The maximum absolute atomic E-state index is 12.9. The number of ketones is 1. The van der Waals surface area contributed by atoms with E-state index in [4.69, 9.17) is 0 Å². The molecule has 2 aliphatic heterocycles. The van der Waals surface area contributed by atoms with Crippen molar-refractivity contribution in [2.45, 2.75) is 25.6 Å². The highest BCUT2D eigenvalue weighted by Crippen LogP contribution is 2.35. The third kappa shape index (κ3) is 2.75. The molecule has 136 valence electrons. The van der Waals surface area contributed by atoms with Gasteiger partial charge in [-0.2, -0.15) is 0 Å². The molecule has 2 saturated heterocycles. The highest BCUT2D eigenvalue weighted by Gasteiger charge is 2.50. The van der Waals surface area contributed by atoms with Crippen LogP contribution in [0.15, 0.2) is 48.5 Å². The van der Waals surface area contributed by atoms with Gasteiger partial charge in [-0.1, -0.05) is 53.3 Å². The first-order valence-electron chi connectivity index (χ1n) is 8.91. The largest absolute Gasteiger partial charge is 0.299 e. The average molecular weight is 378 g/mol. The molecule has 1 aromatic heterocycles. The van der Waals surface area contributed by atoms with E-state index in [1.54, 1.807) is 0 Å². The lowest BCUT2D eigenvalue weighted by atomic mass is 9.87. The summed E-state index contributed by atoms with van der Waals surface area (Å²) in [5, 5.41) is 5.43. The van der Waals surface area contributed by atoms with Gasteiger partial charge in [0.1, 0.15) is 11.7 Å². The molecule has 3 atom stereocenters. The Labute approximate surface area is 160 Å². The van der Waals surface area contributed by atoms with E-state index in [9.17, 15) is 9.59 Å². The van der Waals surface area contributed by atoms with Crippen LogP contribution < -0.4 is 15.8 Å². The summed E-state index contributed by atoms with van der Waals surface area (Å²) in [5.74, 6) is -0.983. The first-order valence-corrected chi connectivity index (χ1v) is 9.73. The van der Waals surface area contributed by atoms with Gasteiger partial charge < -0.3 is 0 Å². The van der Waals surface area contributed by atoms with Crippen molar-refractivity contribution < 1.29 is 9.59 Å². The van der Waals surface area contributed by atoms with Crippen LogP contribution in [0.25, 0.3) is 10.2 Å². The van der Waals surface area contributed by atoms with Crippen LogP contribution in [0, 0.1) is 12.8 Å². The number of para-hydroxylation sites is 1. The van der Waals surface area contributed by atoms with Gasteiger partial charge >= 0.3 is 0 Å². The maximum atomic E-state index is 12.9. The number of carbonyl (C=O) groups excluding carboxylic acids is 2. The number of carbonyl (C=O) groups is 2. The fourth-order valence-electron chi connectivity index (χ4n) is 3.74. The van der Waals surface area contributed by atoms with E-state index in [1.807, 2.05) is 55.5 Å². The topological polar surface area (TPSA) is 74.3 Å². The minimum absolute atomic E-state index is 0.0366. The number of anilines is 1. The van der Waals surface area contributed by atoms with Gasteiger partial charge in [-0.15, -0.1) is 0 Å². The van der Waals surface area contributed by atoms with Crippen molar-refractivity contribution in [1.82, 2.24) is 15.7 Å². The number of nitrogens with one attached hydrogen (secondary N) is 2. The number of fused-ring (bicyclic) bond motifs is 2. The summed E-state index contributed by atoms with van der Waals surface area (Å²) >= 11 is 1.44. The number of rotatable bonds is 2. The number of benzene rings is 2. The second-order valence-corrected chi connectivity index (χ2v) is 8.03. The normalized spacial score (nSPS) is 25.2. The van der Waals surface area contributed by atoms with Gasteiger partial charge in [-0.05, 0) is 24.6 Å². The van der Waals surface area contributed by atoms with Crippen molar-refractivity contribution in [3.05, 3.63) is 59.7 Å². The molecule has 2 aromatic carbocycles. The van der Waals surface area contributed by atoms with Gasteiger partial charge in [0.05, 0.1) is 16.4 Å². The number of hydrazine groups is 1. The molecular formula is C20H18N4O2S. The Bertz CT molecular complexity index is 1010. The molecular weight excluding hydrogens is 360 g/mol. The summed E-state index contributed by atoms with van der Waals surface area (Å²) in [6, 6.07) is 15.8. The van der Waals surface area contributed by atoms with Crippen LogP contribution >= 0.6 is 11.3 Å². The Hall–Kier alpha value is -2.61. The van der Waals surface area contributed by atoms with Gasteiger partial charge in [0.2, 0.25) is 5.13 Å². The number of hydrogen-bond donors (Lipinski definition) is 2. The van der Waals surface area contributed by atoms with Crippen molar-refractivity contribution in [3.8, 4) is 0 Å². The lowest BCUT2D eigenvalue weighted by molar-refractivity contribution is -0.133. The second kappa shape index (κ2) is 6.23. The number of piperidine rings is 1. The molecule has 0 radical (unpaired) electrons. The van der Waals surface area contributed by atoms with Crippen molar-refractivity contribution in [1.29, 1.82) is 0 Å². The molecule has 0 bridgehead atoms. The highest BCUT2D eigenvalue weighted by molar-refractivity contribution is 7.22. The summed E-state index contributed by atoms with van der Waals surface area (Å²) in [6.07, 6.45) is -0.109. The third-order valence-electron chi connectivity index (χ3n) is 5.17. The van der Waals surface area contributed by atoms with Gasteiger partial charge in [-0.3, -0.25) is 14.9 Å². The molecule has 27 heavy (non-hydrogen) atoms. The molecule has 5 rings (SSSR count). The van der Waals surface area contributed by atoms with Gasteiger partial charge in [0.25, 0.3) is 5.91 Å². The lowest BCUT2D eigenvalue weighted by Gasteiger charge is -2.30. The molecule has 0 aliphatic carbocycles. The van der Waals surface area contributed by atoms with Crippen molar-refractivity contribution in [2.24, 2.45) is 5.92 Å². The van der Waals surface area contributed by atoms with Crippen molar-refractivity contribution in [3.63, 3.8) is 0 Å². The second-order valence-electron chi connectivity index (χ2n) is 7.02. The monoisotopic (exact) mass is 378 g/mol. The molecule has 2 fully saturated rings. The standard InChI is InChI=1S/C20H18N4O2S/c1-11-6-8-12(9-7-11)14-10-15(25)17-18(21-14)23-24(19(17)26)20-22-13-4-2-3-5-16(13)27-20/h2-9,14,17-18,21,23H,10H2,1H3. The quantitative estimate of drug-likeness (QED) is 0.671. The summed E-state index contributed by atoms with van der Waals surface area (Å²) in [6.45, 7) is 2.03. The Morgan fingerprint density at radius 2 is 1.89 bits per heavy atom. The fourth-order valence-corrected chi connectivity index (χ4v) is 4.68. The van der Waals surface area contributed by atoms with Crippen LogP contribution in [0.1, 0.15) is 23.6 Å². The zero-order valence-corrected chi connectivity index (χ0v) is 15.5. The molecule has 7 heteroatoms. The van der Waals surface area contributed by atoms with Gasteiger partial charge in [0, 0.05) is 12.5 Å². The molecule has 0 spiro atoms. The molecule has 3 unspecified atom stereocenters. The molecule has 2 aliphatic rings. The summed E-state index contributed by atoms with van der Waals surface area (Å²) in [7, 11) is 0. The van der Waals surface area contributed by atoms with E-state index in [2.05, 4.69) is 15.7 Å². The zero-order chi connectivity index (χ0) is 18.5. The van der Waals surface area contributed by atoms with Crippen molar-refractivity contribution in [2.75, 3.05) is 5.01 Å². The van der Waals surface area contributed by atoms with Crippen LogP contribution in [0.5, 0.6) is 0 Å². The van der Waals surface area contributed by atoms with Crippen LogP contribution in [0.3, 0.4) is 0 Å². The molecule has 0 saturated carbocycles. The molecule has 2 N–H and O–H groups in total. The fraction of sp³-hybridized carbons (Fsp3) is 0.250. The minimum atomic E-state index is -0.710. The van der Waals surface area contributed by atoms with Crippen LogP contribution in [0.4, 0.5) is 5.13 Å². The Morgan fingerprint density at radius 1 is 1.11 bits per heavy atom. The maximum Gasteiger partial charge on any atom is 0.257 e. The number of Topliss-reactive ketones (excluding diaryl/α,β-unsaturated/α-hetero) is 1. The first kappa shape index (κ1) is 16.6. The third-order valence-corrected chi connectivity index (χ3v) is 6.20. The van der Waals surface area contributed by atoms with E-state index in [-0.39, 0.29) is 17.7 Å². The summed E-state index contributed by atoms with van der Waals surface area (Å²) < 4.78 is 1.01. The smallest absolute Gasteiger partial charge is 0.257 e. The van der Waals surface area contributed by atoms with Crippen molar-refractivity contribution >= 4 is 38.4 Å². The van der Waals surface area contributed by atoms with Crippen LogP contribution in [-0.2, 0) is 9.59 Å². The van der Waals surface area contributed by atoms with E-state index >= 15 is 0 Å². The Morgan fingerprint density at radius 3 is 2.67 bits per heavy atom. The van der Waals surface area contributed by atoms with Gasteiger partial charge in [0.15, 0.2) is 0 Å². The van der Waals surface area contributed by atoms with E-state index < -0.39 is 12.1 Å². The number of aromatic nitrogens is 1. The summed E-state index contributed by atoms with van der Waals surface area (Å²) in [5.41, 5.74) is 6.24. The molecule has 3 heterocycles. The molecule has 6 nitrogen and oxygen atoms in total. The van der Waals surface area contributed by atoms with E-state index in [0.29, 0.717) is 11.6 Å². The minimum Gasteiger partial charge on any atom is -0.299 e. The van der Waals surface area contributed by atoms with Crippen LogP contribution in [0.2, 0.25) is 0 Å². The lowest BCUT2D eigenvalue weighted by Crippen LogP contribution is -2.52.